The molecular formula is C23H20Cl2N8O2. The minimum Gasteiger partial charge on any atom is -0.345 e. The number of nitrogens with zero attached hydrogens (tertiary/aromatic N) is 3. The molecule has 0 bridgehead atoms. The predicted molar refractivity (Wildman–Crippen MR) is 136 cm³/mol. The van der Waals surface area contributed by atoms with Crippen molar-refractivity contribution in [3.05, 3.63) is 69.6 Å². The lowest BCUT2D eigenvalue weighted by Gasteiger charge is -2.17. The number of anilines is 2. The number of rotatable bonds is 6. The lowest BCUT2D eigenvalue weighted by molar-refractivity contribution is -0.117. The van der Waals surface area contributed by atoms with E-state index in [4.69, 9.17) is 23.2 Å². The molecular weight excluding hydrogens is 491 g/mol. The third kappa shape index (κ3) is 5.14. The van der Waals surface area contributed by atoms with Gasteiger partial charge in [0.25, 0.3) is 0 Å². The number of hydrogen-bond donors (Lipinski definition) is 5. The van der Waals surface area contributed by atoms with Gasteiger partial charge in [-0.1, -0.05) is 29.3 Å². The number of aromatic nitrogens is 2. The van der Waals surface area contributed by atoms with Crippen molar-refractivity contribution >= 4 is 58.8 Å². The van der Waals surface area contributed by atoms with Gasteiger partial charge in [0.05, 0.1) is 12.2 Å². The van der Waals surface area contributed by atoms with Gasteiger partial charge >= 0.3 is 0 Å². The van der Waals surface area contributed by atoms with Gasteiger partial charge in [-0.15, -0.1) is 5.53 Å². The van der Waals surface area contributed by atoms with Crippen LogP contribution in [-0.4, -0.2) is 28.1 Å². The molecule has 0 spiro atoms. The van der Waals surface area contributed by atoms with Crippen molar-refractivity contribution in [1.29, 1.82) is 0 Å². The van der Waals surface area contributed by atoms with Gasteiger partial charge in [0.15, 0.2) is 0 Å². The molecule has 35 heavy (non-hydrogen) atoms. The Bertz CT molecular complexity index is 1370. The predicted octanol–water partition coefficient (Wildman–Crippen LogP) is 3.37. The number of hydrazine groups is 2. The summed E-state index contributed by atoms with van der Waals surface area (Å²) in [6, 6.07) is 11.0. The first-order valence-electron chi connectivity index (χ1n) is 10.7. The second-order valence-electron chi connectivity index (χ2n) is 7.86. The first-order chi connectivity index (χ1) is 17.0. The second-order valence-corrected chi connectivity index (χ2v) is 8.67. The highest BCUT2D eigenvalue weighted by Gasteiger charge is 2.18. The molecule has 2 amide bonds. The zero-order valence-electron chi connectivity index (χ0n) is 18.2. The van der Waals surface area contributed by atoms with Gasteiger partial charge in [0.2, 0.25) is 11.8 Å². The Morgan fingerprint density at radius 2 is 2.06 bits per heavy atom. The van der Waals surface area contributed by atoms with Crippen LogP contribution in [0.1, 0.15) is 23.4 Å². The highest BCUT2D eigenvalue weighted by Crippen LogP contribution is 2.31. The smallest absolute Gasteiger partial charge is 0.244 e. The molecule has 5 rings (SSSR count). The molecule has 2 aromatic carbocycles. The van der Waals surface area contributed by atoms with Gasteiger partial charge in [0, 0.05) is 34.3 Å². The summed E-state index contributed by atoms with van der Waals surface area (Å²) in [6.07, 6.45) is 5.76. The minimum absolute atomic E-state index is 0.0141. The molecule has 0 fully saturated rings. The minimum atomic E-state index is -0.310. The van der Waals surface area contributed by atoms with E-state index >= 15 is 0 Å². The van der Waals surface area contributed by atoms with Crippen LogP contribution in [0.2, 0.25) is 10.2 Å². The number of carbonyl (C=O) groups is 2. The van der Waals surface area contributed by atoms with Gasteiger partial charge in [-0.05, 0) is 48.4 Å². The maximum Gasteiger partial charge on any atom is 0.244 e. The van der Waals surface area contributed by atoms with Crippen LogP contribution in [0, 0.1) is 0 Å². The number of H-pyrrole nitrogens is 1. The number of hydrazone groups is 1. The molecule has 178 valence electrons. The first kappa shape index (κ1) is 22.9. The Morgan fingerprint density at radius 3 is 2.89 bits per heavy atom. The highest BCUT2D eigenvalue weighted by molar-refractivity contribution is 6.32. The maximum atomic E-state index is 12.4. The summed E-state index contributed by atoms with van der Waals surface area (Å²) in [6.45, 7) is 0.163. The third-order valence-electron chi connectivity index (χ3n) is 5.48. The Hall–Kier alpha value is -3.86. The molecule has 1 aromatic heterocycles. The van der Waals surface area contributed by atoms with Crippen molar-refractivity contribution in [2.45, 2.75) is 19.4 Å². The molecule has 0 atom stereocenters. The summed E-state index contributed by atoms with van der Waals surface area (Å²) in [5, 5.41) is 12.1. The fourth-order valence-corrected chi connectivity index (χ4v) is 4.24. The van der Waals surface area contributed by atoms with Crippen molar-refractivity contribution in [2.75, 3.05) is 10.3 Å². The van der Waals surface area contributed by atoms with E-state index in [2.05, 4.69) is 36.8 Å². The maximum absolute atomic E-state index is 12.4. The lowest BCUT2D eigenvalue weighted by Crippen LogP contribution is -2.37. The summed E-state index contributed by atoms with van der Waals surface area (Å²) in [4.78, 5) is 31.6. The second kappa shape index (κ2) is 9.79. The molecule has 0 radical (unpaired) electrons. The van der Waals surface area contributed by atoms with Crippen molar-refractivity contribution in [3.8, 4) is 11.3 Å². The Morgan fingerprint density at radius 1 is 1.17 bits per heavy atom. The van der Waals surface area contributed by atoms with Gasteiger partial charge in [0.1, 0.15) is 23.0 Å². The molecule has 3 aromatic rings. The van der Waals surface area contributed by atoms with E-state index in [0.29, 0.717) is 34.5 Å². The topological polar surface area (TPSA) is 127 Å². The van der Waals surface area contributed by atoms with Crippen molar-refractivity contribution in [1.82, 2.24) is 26.4 Å². The van der Waals surface area contributed by atoms with Crippen molar-refractivity contribution in [3.63, 3.8) is 0 Å². The summed E-state index contributed by atoms with van der Waals surface area (Å²) in [5.74, 6) is 0.223. The zero-order valence-corrected chi connectivity index (χ0v) is 19.7. The zero-order chi connectivity index (χ0) is 24.4. The number of aryl methyl sites for hydroxylation is 1. The van der Waals surface area contributed by atoms with Crippen LogP contribution < -0.4 is 26.7 Å². The van der Waals surface area contributed by atoms with Crippen LogP contribution in [-0.2, 0) is 22.6 Å². The van der Waals surface area contributed by atoms with Crippen LogP contribution in [0.5, 0.6) is 0 Å². The van der Waals surface area contributed by atoms with Crippen molar-refractivity contribution in [2.24, 2.45) is 5.10 Å². The van der Waals surface area contributed by atoms with Gasteiger partial charge in [-0.3, -0.25) is 9.59 Å². The summed E-state index contributed by atoms with van der Waals surface area (Å²) >= 11 is 12.5. The summed E-state index contributed by atoms with van der Waals surface area (Å²) in [7, 11) is 0. The number of nitrogens with one attached hydrogen (secondary N) is 5. The van der Waals surface area contributed by atoms with E-state index in [-0.39, 0.29) is 18.4 Å². The first-order valence-corrected chi connectivity index (χ1v) is 11.5. The molecule has 3 heterocycles. The van der Waals surface area contributed by atoms with Crippen LogP contribution in [0.4, 0.5) is 11.4 Å². The average molecular weight is 511 g/mol. The number of halogens is 2. The Kier molecular flexibility index (Phi) is 6.41. The molecule has 2 aliphatic heterocycles. The Balaban J connectivity index is 1.25. The van der Waals surface area contributed by atoms with Crippen LogP contribution in [0.25, 0.3) is 17.3 Å². The quantitative estimate of drug-likeness (QED) is 0.323. The number of fused-ring (bicyclic) bond motifs is 1. The monoisotopic (exact) mass is 510 g/mol. The number of carbonyl (C=O) groups excluding carboxylic acids is 2. The van der Waals surface area contributed by atoms with Crippen LogP contribution in [0.15, 0.2) is 47.6 Å². The SMILES string of the molecule is O=C(/C=C/c1cc(Cl)ccc1N1C=NNN1)NCc1nc(-c2ccc3c(c2)CCC(=O)N3)c(Cl)[nH]1. The number of benzene rings is 2. The number of amides is 2. The highest BCUT2D eigenvalue weighted by atomic mass is 35.5. The van der Waals surface area contributed by atoms with Gasteiger partial charge < -0.3 is 15.6 Å². The molecule has 10 nitrogen and oxygen atoms in total. The number of hydrogen-bond acceptors (Lipinski definition) is 7. The molecule has 0 saturated carbocycles. The molecule has 0 unspecified atom stereocenters. The fraction of sp³-hybridized carbons (Fsp3) is 0.130. The fourth-order valence-electron chi connectivity index (χ4n) is 3.80. The molecule has 12 heteroatoms. The summed E-state index contributed by atoms with van der Waals surface area (Å²) in [5.41, 5.74) is 10.2. The third-order valence-corrected chi connectivity index (χ3v) is 5.99. The van der Waals surface area contributed by atoms with E-state index < -0.39 is 0 Å². The lowest BCUT2D eigenvalue weighted by atomic mass is 9.99. The molecule has 5 N–H and O–H groups in total. The normalized spacial score (nSPS) is 14.7. The number of aromatic amines is 1. The van der Waals surface area contributed by atoms with E-state index in [1.807, 2.05) is 24.3 Å². The van der Waals surface area contributed by atoms with Crippen LogP contribution >= 0.6 is 23.2 Å². The standard InChI is InChI=1S/C23H20Cl2N8O2/c24-16-4-6-18(33-12-27-31-32-33)14(10-16)3-7-20(34)26-11-19-29-22(23(25)30-19)15-1-5-17-13(9-15)2-8-21(35)28-17/h1,3-7,9-10,12,31-32H,2,8,11H2,(H,26,34)(H,28,35)(H,29,30)/b7-3+. The number of imidazole rings is 1. The van der Waals surface area contributed by atoms with E-state index in [0.717, 1.165) is 28.1 Å². The van der Waals surface area contributed by atoms with E-state index in [1.165, 1.54) is 6.08 Å². The molecule has 0 saturated heterocycles. The van der Waals surface area contributed by atoms with Crippen LogP contribution in [0.3, 0.4) is 0 Å². The van der Waals surface area contributed by atoms with E-state index in [9.17, 15) is 9.59 Å². The van der Waals surface area contributed by atoms with Gasteiger partial charge in [-0.25, -0.2) is 15.5 Å². The Labute approximate surface area is 210 Å². The van der Waals surface area contributed by atoms with E-state index in [1.54, 1.807) is 29.6 Å². The average Bonchev–Trinajstić information content (AvgIpc) is 3.51. The van der Waals surface area contributed by atoms with Gasteiger partial charge in [-0.2, -0.15) is 5.10 Å². The largest absolute Gasteiger partial charge is 0.345 e. The van der Waals surface area contributed by atoms with Crippen molar-refractivity contribution < 1.29 is 9.59 Å². The summed E-state index contributed by atoms with van der Waals surface area (Å²) < 4.78 is 0. The molecule has 2 aliphatic rings. The molecule has 0 aliphatic carbocycles.